The molecule has 1 aliphatic rings. The lowest BCUT2D eigenvalue weighted by Gasteiger charge is -2.27. The highest BCUT2D eigenvalue weighted by atomic mass is 32.1. The van der Waals surface area contributed by atoms with E-state index >= 15 is 0 Å². The maximum Gasteiger partial charge on any atom is 0.308 e. The van der Waals surface area contributed by atoms with Gasteiger partial charge in [0, 0.05) is 29.8 Å². The minimum absolute atomic E-state index is 0.169. The first-order valence-electron chi connectivity index (χ1n) is 9.00. The normalized spacial score (nSPS) is 20.9. The number of rotatable bonds is 6. The van der Waals surface area contributed by atoms with Crippen molar-refractivity contribution < 1.29 is 19.1 Å². The summed E-state index contributed by atoms with van der Waals surface area (Å²) in [7, 11) is 0. The summed E-state index contributed by atoms with van der Waals surface area (Å²) in [5.41, 5.74) is 0.872. The van der Waals surface area contributed by atoms with Crippen molar-refractivity contribution in [2.24, 2.45) is 5.92 Å². The SMILES string of the molecule is O=C(CCc1nnc(-c2ccsc2)o1)NC1CCCCCCC1C(=O)O. The lowest BCUT2D eigenvalue weighted by molar-refractivity contribution is -0.143. The number of hydrogen-bond acceptors (Lipinski definition) is 6. The van der Waals surface area contributed by atoms with Gasteiger partial charge in [-0.3, -0.25) is 9.59 Å². The maximum absolute atomic E-state index is 12.3. The molecule has 1 aliphatic carbocycles. The molecule has 1 amide bonds. The number of carboxylic acid groups (broad SMARTS) is 1. The molecule has 2 aromatic heterocycles. The number of aliphatic carboxylic acids is 1. The highest BCUT2D eigenvalue weighted by Gasteiger charge is 2.29. The quantitative estimate of drug-likeness (QED) is 0.800. The molecule has 26 heavy (non-hydrogen) atoms. The third-order valence-electron chi connectivity index (χ3n) is 4.73. The van der Waals surface area contributed by atoms with Gasteiger partial charge in [0.15, 0.2) is 0 Å². The molecule has 2 N–H and O–H groups in total. The van der Waals surface area contributed by atoms with Crippen molar-refractivity contribution in [3.05, 3.63) is 22.7 Å². The van der Waals surface area contributed by atoms with Crippen LogP contribution >= 0.6 is 11.3 Å². The predicted molar refractivity (Wildman–Crippen MR) is 96.7 cm³/mol. The number of aromatic nitrogens is 2. The average molecular weight is 377 g/mol. The molecule has 2 unspecified atom stereocenters. The molecule has 1 saturated carbocycles. The van der Waals surface area contributed by atoms with Gasteiger partial charge < -0.3 is 14.8 Å². The van der Waals surface area contributed by atoms with Crippen LogP contribution in [0, 0.1) is 5.92 Å². The van der Waals surface area contributed by atoms with Gasteiger partial charge in [0.1, 0.15) is 0 Å². The van der Waals surface area contributed by atoms with Gasteiger partial charge in [-0.1, -0.05) is 25.7 Å². The number of aryl methyl sites for hydroxylation is 1. The van der Waals surface area contributed by atoms with Crippen LogP contribution < -0.4 is 5.32 Å². The Labute approximate surface area is 155 Å². The zero-order chi connectivity index (χ0) is 18.4. The van der Waals surface area contributed by atoms with Gasteiger partial charge in [0.25, 0.3) is 0 Å². The fraction of sp³-hybridized carbons (Fsp3) is 0.556. The Morgan fingerprint density at radius 3 is 2.77 bits per heavy atom. The summed E-state index contributed by atoms with van der Waals surface area (Å²) in [6, 6.07) is 1.60. The summed E-state index contributed by atoms with van der Waals surface area (Å²) >= 11 is 1.55. The van der Waals surface area contributed by atoms with Crippen LogP contribution in [0.2, 0.25) is 0 Å². The van der Waals surface area contributed by atoms with E-state index in [2.05, 4.69) is 15.5 Å². The maximum atomic E-state index is 12.3. The van der Waals surface area contributed by atoms with E-state index < -0.39 is 11.9 Å². The minimum Gasteiger partial charge on any atom is -0.481 e. The van der Waals surface area contributed by atoms with E-state index in [1.165, 1.54) is 0 Å². The molecule has 140 valence electrons. The lowest BCUT2D eigenvalue weighted by Crippen LogP contribution is -2.44. The molecule has 3 rings (SSSR count). The number of nitrogens with zero attached hydrogens (tertiary/aromatic N) is 2. The van der Waals surface area contributed by atoms with Crippen LogP contribution in [0.25, 0.3) is 11.5 Å². The Morgan fingerprint density at radius 1 is 1.23 bits per heavy atom. The fourth-order valence-electron chi connectivity index (χ4n) is 3.31. The second-order valence-corrected chi connectivity index (χ2v) is 7.40. The fourth-order valence-corrected chi connectivity index (χ4v) is 3.94. The van der Waals surface area contributed by atoms with Gasteiger partial charge in [0.05, 0.1) is 5.92 Å². The molecule has 2 atom stereocenters. The van der Waals surface area contributed by atoms with E-state index in [0.717, 1.165) is 31.2 Å². The van der Waals surface area contributed by atoms with Crippen molar-refractivity contribution in [1.29, 1.82) is 0 Å². The van der Waals surface area contributed by atoms with Crippen LogP contribution in [-0.4, -0.2) is 33.2 Å². The number of carbonyl (C=O) groups excluding carboxylic acids is 1. The molecule has 0 aromatic carbocycles. The molecule has 0 saturated heterocycles. The molecule has 1 fully saturated rings. The summed E-state index contributed by atoms with van der Waals surface area (Å²) in [5.74, 6) is -0.638. The summed E-state index contributed by atoms with van der Waals surface area (Å²) in [5, 5.41) is 24.2. The molecule has 2 aromatic rings. The second kappa shape index (κ2) is 8.93. The molecule has 0 aliphatic heterocycles. The van der Waals surface area contributed by atoms with Gasteiger partial charge in [-0.25, -0.2) is 0 Å². The number of amides is 1. The van der Waals surface area contributed by atoms with Crippen molar-refractivity contribution in [3.63, 3.8) is 0 Å². The van der Waals surface area contributed by atoms with E-state index in [1.807, 2.05) is 16.8 Å². The van der Waals surface area contributed by atoms with E-state index in [0.29, 0.717) is 31.0 Å². The Balaban J connectivity index is 1.53. The predicted octanol–water partition coefficient (Wildman–Crippen LogP) is 3.27. The first-order chi connectivity index (χ1) is 12.6. The number of carbonyl (C=O) groups is 2. The van der Waals surface area contributed by atoms with Gasteiger partial charge in [-0.15, -0.1) is 10.2 Å². The molecule has 8 heteroatoms. The van der Waals surface area contributed by atoms with Crippen LogP contribution in [0.15, 0.2) is 21.2 Å². The molecular weight excluding hydrogens is 354 g/mol. The van der Waals surface area contributed by atoms with Gasteiger partial charge in [-0.05, 0) is 24.3 Å². The van der Waals surface area contributed by atoms with Crippen molar-refractivity contribution in [2.45, 2.75) is 57.4 Å². The zero-order valence-corrected chi connectivity index (χ0v) is 15.3. The number of carboxylic acids is 1. The van der Waals surface area contributed by atoms with E-state index in [9.17, 15) is 14.7 Å². The first kappa shape index (κ1) is 18.6. The largest absolute Gasteiger partial charge is 0.481 e. The van der Waals surface area contributed by atoms with E-state index in [-0.39, 0.29) is 18.4 Å². The summed E-state index contributed by atoms with van der Waals surface area (Å²) in [6.45, 7) is 0. The zero-order valence-electron chi connectivity index (χ0n) is 14.5. The Kier molecular flexibility index (Phi) is 6.38. The molecule has 0 radical (unpaired) electrons. The number of nitrogens with one attached hydrogen (secondary N) is 1. The van der Waals surface area contributed by atoms with E-state index in [1.54, 1.807) is 11.3 Å². The molecule has 0 spiro atoms. The Bertz CT molecular complexity index is 729. The standard InChI is InChI=1S/C18H23N3O4S/c22-15(19-14-6-4-2-1-3-5-13(14)18(23)24)7-8-16-20-21-17(25-16)12-9-10-26-11-12/h9-11,13-14H,1-8H2,(H,19,22)(H,23,24). The van der Waals surface area contributed by atoms with Crippen LogP contribution in [0.1, 0.15) is 50.8 Å². The number of thiophene rings is 1. The number of hydrogen-bond donors (Lipinski definition) is 2. The van der Waals surface area contributed by atoms with Gasteiger partial charge >= 0.3 is 5.97 Å². The minimum atomic E-state index is -0.825. The van der Waals surface area contributed by atoms with E-state index in [4.69, 9.17) is 4.42 Å². The van der Waals surface area contributed by atoms with Crippen molar-refractivity contribution in [3.8, 4) is 11.5 Å². The van der Waals surface area contributed by atoms with Crippen LogP contribution in [0.5, 0.6) is 0 Å². The molecular formula is C18H23N3O4S. The van der Waals surface area contributed by atoms with Gasteiger partial charge in [-0.2, -0.15) is 11.3 Å². The van der Waals surface area contributed by atoms with Crippen molar-refractivity contribution in [1.82, 2.24) is 15.5 Å². The van der Waals surface area contributed by atoms with Crippen LogP contribution in [0.4, 0.5) is 0 Å². The molecule has 7 nitrogen and oxygen atoms in total. The molecule has 0 bridgehead atoms. The Hall–Kier alpha value is -2.22. The highest BCUT2D eigenvalue weighted by Crippen LogP contribution is 2.24. The third kappa shape index (κ3) is 4.91. The summed E-state index contributed by atoms with van der Waals surface area (Å²) < 4.78 is 5.57. The molecule has 2 heterocycles. The van der Waals surface area contributed by atoms with Crippen LogP contribution in [-0.2, 0) is 16.0 Å². The average Bonchev–Trinajstić information content (AvgIpc) is 3.26. The van der Waals surface area contributed by atoms with Crippen LogP contribution in [0.3, 0.4) is 0 Å². The monoisotopic (exact) mass is 377 g/mol. The summed E-state index contributed by atoms with van der Waals surface area (Å²) in [6.07, 6.45) is 5.88. The third-order valence-corrected chi connectivity index (χ3v) is 5.41. The smallest absolute Gasteiger partial charge is 0.308 e. The second-order valence-electron chi connectivity index (χ2n) is 6.62. The topological polar surface area (TPSA) is 105 Å². The first-order valence-corrected chi connectivity index (χ1v) is 9.95. The van der Waals surface area contributed by atoms with Gasteiger partial charge in [0.2, 0.25) is 17.7 Å². The van der Waals surface area contributed by atoms with Crippen molar-refractivity contribution >= 4 is 23.2 Å². The Morgan fingerprint density at radius 2 is 2.04 bits per heavy atom. The summed E-state index contributed by atoms with van der Waals surface area (Å²) in [4.78, 5) is 23.8. The van der Waals surface area contributed by atoms with Crippen molar-refractivity contribution in [2.75, 3.05) is 0 Å². The lowest BCUT2D eigenvalue weighted by atomic mass is 9.86. The highest BCUT2D eigenvalue weighted by molar-refractivity contribution is 7.08.